The van der Waals surface area contributed by atoms with E-state index < -0.39 is 16.5 Å². The zero-order chi connectivity index (χ0) is 22.6. The number of hydrogen-bond donors (Lipinski definition) is 1. The number of rotatable bonds is 6. The maximum absolute atomic E-state index is 13.5. The van der Waals surface area contributed by atoms with Gasteiger partial charge in [0.1, 0.15) is 11.6 Å². The Morgan fingerprint density at radius 1 is 1.06 bits per heavy atom. The Morgan fingerprint density at radius 3 is 2.38 bits per heavy atom. The summed E-state index contributed by atoms with van der Waals surface area (Å²) in [5, 5.41) is 2.98. The molecule has 4 rings (SSSR count). The summed E-state index contributed by atoms with van der Waals surface area (Å²) in [6.07, 6.45) is 1.14. The van der Waals surface area contributed by atoms with Gasteiger partial charge < -0.3 is 19.3 Å². The lowest BCUT2D eigenvalue weighted by atomic mass is 9.73. The first kappa shape index (κ1) is 22.1. The van der Waals surface area contributed by atoms with Gasteiger partial charge in [-0.15, -0.1) is 0 Å². The number of carbonyl (C=O) groups is 1. The van der Waals surface area contributed by atoms with E-state index in [-0.39, 0.29) is 10.8 Å². The molecule has 1 unspecified atom stereocenters. The smallest absolute Gasteiger partial charge is 0.236 e. The van der Waals surface area contributed by atoms with Gasteiger partial charge in [-0.05, 0) is 65.9 Å². The molecule has 1 atom stereocenters. The van der Waals surface area contributed by atoms with Crippen molar-refractivity contribution in [3.63, 3.8) is 0 Å². The van der Waals surface area contributed by atoms with Crippen LogP contribution < -0.4 is 10.1 Å². The summed E-state index contributed by atoms with van der Waals surface area (Å²) in [7, 11) is 1.61. The van der Waals surface area contributed by atoms with Crippen LogP contribution in [0.15, 0.2) is 71.6 Å². The van der Waals surface area contributed by atoms with Crippen molar-refractivity contribution >= 4 is 22.8 Å². The summed E-state index contributed by atoms with van der Waals surface area (Å²) in [5.41, 5.74) is 1.58. The van der Waals surface area contributed by atoms with Gasteiger partial charge in [0, 0.05) is 23.7 Å². The van der Waals surface area contributed by atoms with Gasteiger partial charge in [-0.1, -0.05) is 30.3 Å². The highest BCUT2D eigenvalue weighted by molar-refractivity contribution is 7.79. The predicted octanol–water partition coefficient (Wildman–Crippen LogP) is 3.68. The number of pyridine rings is 1. The number of carbonyl (C=O) groups excluding carboxylic acids is 1. The van der Waals surface area contributed by atoms with E-state index in [1.165, 1.54) is 12.1 Å². The fraction of sp³-hybridized carbons (Fsp3) is 0.250. The maximum atomic E-state index is 13.5. The van der Waals surface area contributed by atoms with E-state index in [1.54, 1.807) is 25.3 Å². The zero-order valence-electron chi connectivity index (χ0n) is 17.6. The van der Waals surface area contributed by atoms with E-state index in [1.807, 2.05) is 36.4 Å². The standard InChI is InChI=1S/C24H24N2O5S/c1-30-19-9-7-18(8-10-19)24(13-15-31-16-14-24)23(27)26-22-4-2-3-21(25-22)17-5-11-20(12-6-17)32(28)29/h2-12H,13-16H2,1H3,(H,28,29)(H,25,26,27)/p-1. The number of nitrogens with one attached hydrogen (secondary N) is 1. The summed E-state index contributed by atoms with van der Waals surface area (Å²) in [6.45, 7) is 1.00. The Morgan fingerprint density at radius 2 is 1.75 bits per heavy atom. The van der Waals surface area contributed by atoms with Crippen molar-refractivity contribution in [3.05, 3.63) is 72.3 Å². The second-order valence-corrected chi connectivity index (χ2v) is 8.49. The molecule has 166 valence electrons. The molecule has 1 aliphatic rings. The molecule has 1 N–H and O–H groups in total. The molecule has 1 saturated heterocycles. The lowest BCUT2D eigenvalue weighted by molar-refractivity contribution is -0.125. The Kier molecular flexibility index (Phi) is 6.64. The molecule has 8 heteroatoms. The number of hydrogen-bond acceptors (Lipinski definition) is 6. The highest BCUT2D eigenvalue weighted by Gasteiger charge is 2.42. The van der Waals surface area contributed by atoms with Crippen LogP contribution in [0.4, 0.5) is 5.82 Å². The van der Waals surface area contributed by atoms with Gasteiger partial charge in [-0.25, -0.2) is 4.98 Å². The first-order chi connectivity index (χ1) is 15.5. The predicted molar refractivity (Wildman–Crippen MR) is 120 cm³/mol. The quantitative estimate of drug-likeness (QED) is 0.574. The van der Waals surface area contributed by atoms with E-state index in [2.05, 4.69) is 10.3 Å². The molecule has 2 aromatic carbocycles. The van der Waals surface area contributed by atoms with Crippen LogP contribution in [0.3, 0.4) is 0 Å². The number of nitrogens with zero attached hydrogens (tertiary/aromatic N) is 1. The summed E-state index contributed by atoms with van der Waals surface area (Å²) in [4.78, 5) is 18.3. The second-order valence-electron chi connectivity index (χ2n) is 7.54. The van der Waals surface area contributed by atoms with Gasteiger partial charge in [0.2, 0.25) is 5.91 Å². The molecule has 0 saturated carbocycles. The van der Waals surface area contributed by atoms with Crippen LogP contribution in [0.2, 0.25) is 0 Å². The topological polar surface area (TPSA) is 101 Å². The Bertz CT molecular complexity index is 1110. The number of methoxy groups -OCH3 is 1. The number of ether oxygens (including phenoxy) is 2. The molecule has 0 spiro atoms. The van der Waals surface area contributed by atoms with Crippen LogP contribution in [0.1, 0.15) is 18.4 Å². The first-order valence-corrected chi connectivity index (χ1v) is 11.3. The van der Waals surface area contributed by atoms with Crippen molar-refractivity contribution < 1.29 is 23.0 Å². The fourth-order valence-electron chi connectivity index (χ4n) is 3.91. The van der Waals surface area contributed by atoms with Gasteiger partial charge in [0.25, 0.3) is 0 Å². The zero-order valence-corrected chi connectivity index (χ0v) is 18.4. The average Bonchev–Trinajstić information content (AvgIpc) is 2.84. The fourth-order valence-corrected chi connectivity index (χ4v) is 4.27. The second kappa shape index (κ2) is 9.60. The van der Waals surface area contributed by atoms with Gasteiger partial charge in [0.15, 0.2) is 0 Å². The molecular weight excluding hydrogens is 428 g/mol. The summed E-state index contributed by atoms with van der Waals surface area (Å²) >= 11 is -2.28. The lowest BCUT2D eigenvalue weighted by Gasteiger charge is -2.36. The summed E-state index contributed by atoms with van der Waals surface area (Å²) < 4.78 is 32.9. The van der Waals surface area contributed by atoms with Crippen molar-refractivity contribution in [1.82, 2.24) is 4.98 Å². The normalized spacial score (nSPS) is 16.2. The van der Waals surface area contributed by atoms with Crippen LogP contribution in [0, 0.1) is 0 Å². The van der Waals surface area contributed by atoms with Gasteiger partial charge in [0.05, 0.1) is 18.2 Å². The number of aromatic nitrogens is 1. The molecule has 0 bridgehead atoms. The average molecular weight is 452 g/mol. The highest BCUT2D eigenvalue weighted by atomic mass is 32.2. The molecule has 32 heavy (non-hydrogen) atoms. The van der Waals surface area contributed by atoms with Gasteiger partial charge in [-0.3, -0.25) is 9.00 Å². The van der Waals surface area contributed by atoms with E-state index in [9.17, 15) is 13.6 Å². The molecule has 1 aromatic heterocycles. The number of anilines is 1. The maximum Gasteiger partial charge on any atom is 0.236 e. The molecule has 1 aliphatic heterocycles. The third-order valence-electron chi connectivity index (χ3n) is 5.76. The summed E-state index contributed by atoms with van der Waals surface area (Å²) in [5.74, 6) is 1.04. The lowest BCUT2D eigenvalue weighted by Crippen LogP contribution is -2.45. The number of amides is 1. The van der Waals surface area contributed by atoms with Crippen molar-refractivity contribution in [2.75, 3.05) is 25.6 Å². The minimum Gasteiger partial charge on any atom is -0.768 e. The highest BCUT2D eigenvalue weighted by Crippen LogP contribution is 2.37. The monoisotopic (exact) mass is 451 g/mol. The number of benzene rings is 2. The molecule has 1 fully saturated rings. The third kappa shape index (κ3) is 4.57. The Hall–Kier alpha value is -3.07. The van der Waals surface area contributed by atoms with E-state index in [0.717, 1.165) is 16.9 Å². The van der Waals surface area contributed by atoms with Crippen LogP contribution in [-0.4, -0.2) is 40.0 Å². The van der Waals surface area contributed by atoms with Crippen LogP contribution in [0.25, 0.3) is 11.3 Å². The molecule has 0 aliphatic carbocycles. The van der Waals surface area contributed by atoms with Gasteiger partial charge in [-0.2, -0.15) is 0 Å². The van der Waals surface area contributed by atoms with Crippen LogP contribution in [-0.2, 0) is 26.0 Å². The van der Waals surface area contributed by atoms with Crippen LogP contribution in [0.5, 0.6) is 5.75 Å². The Balaban J connectivity index is 1.59. The first-order valence-electron chi connectivity index (χ1n) is 10.2. The SMILES string of the molecule is COc1ccc(C2(C(=O)Nc3cccc(-c4ccc(S(=O)[O-])cc4)n3)CCOCC2)cc1. The minimum atomic E-state index is -2.28. The Labute approximate surface area is 189 Å². The molecule has 1 amide bonds. The minimum absolute atomic E-state index is 0.132. The molecule has 2 heterocycles. The van der Waals surface area contributed by atoms with Crippen molar-refractivity contribution in [2.24, 2.45) is 0 Å². The molecule has 7 nitrogen and oxygen atoms in total. The van der Waals surface area contributed by atoms with Crippen molar-refractivity contribution in [3.8, 4) is 17.0 Å². The van der Waals surface area contributed by atoms with Gasteiger partial charge >= 0.3 is 0 Å². The largest absolute Gasteiger partial charge is 0.768 e. The van der Waals surface area contributed by atoms with Crippen molar-refractivity contribution in [2.45, 2.75) is 23.2 Å². The van der Waals surface area contributed by atoms with Crippen LogP contribution >= 0.6 is 0 Å². The molecule has 0 radical (unpaired) electrons. The summed E-state index contributed by atoms with van der Waals surface area (Å²) in [6, 6.07) is 19.3. The van der Waals surface area contributed by atoms with E-state index in [0.29, 0.717) is 37.6 Å². The van der Waals surface area contributed by atoms with E-state index in [4.69, 9.17) is 9.47 Å². The van der Waals surface area contributed by atoms with Crippen molar-refractivity contribution in [1.29, 1.82) is 0 Å². The van der Waals surface area contributed by atoms with E-state index >= 15 is 0 Å². The molecule has 3 aromatic rings. The molecular formula is C24H23N2O5S-. The third-order valence-corrected chi connectivity index (χ3v) is 6.41.